The third-order valence-corrected chi connectivity index (χ3v) is 3.58. The van der Waals surface area contributed by atoms with Crippen LogP contribution in [0.15, 0.2) is 48.5 Å². The zero-order valence-corrected chi connectivity index (χ0v) is 14.1. The van der Waals surface area contributed by atoms with Crippen molar-refractivity contribution < 1.29 is 9.53 Å². The van der Waals surface area contributed by atoms with Gasteiger partial charge in [0.2, 0.25) is 5.91 Å². The van der Waals surface area contributed by atoms with E-state index in [1.807, 2.05) is 36.4 Å². The van der Waals surface area contributed by atoms with E-state index in [2.05, 4.69) is 43.5 Å². The molecule has 0 atom stereocenters. The predicted molar refractivity (Wildman–Crippen MR) is 95.3 cm³/mol. The number of hydrogen-bond acceptors (Lipinski definition) is 3. The second kappa shape index (κ2) is 7.18. The van der Waals surface area contributed by atoms with Crippen LogP contribution < -0.4 is 15.4 Å². The highest BCUT2D eigenvalue weighted by atomic mass is 16.5. The number of rotatable bonds is 5. The number of carbonyl (C=O) groups excluding carboxylic acids is 1. The molecule has 0 fully saturated rings. The average Bonchev–Trinajstić information content (AvgIpc) is 2.53. The summed E-state index contributed by atoms with van der Waals surface area (Å²) in [5.74, 6) is 0.676. The normalized spacial score (nSPS) is 11.0. The molecule has 0 unspecified atom stereocenters. The first-order valence-corrected chi connectivity index (χ1v) is 7.67. The van der Waals surface area contributed by atoms with Gasteiger partial charge in [-0.05, 0) is 47.4 Å². The number of amides is 1. The average molecular weight is 312 g/mol. The lowest BCUT2D eigenvalue weighted by molar-refractivity contribution is -0.114. The van der Waals surface area contributed by atoms with Crippen molar-refractivity contribution in [3.63, 3.8) is 0 Å². The molecule has 0 aromatic heterocycles. The molecule has 2 aromatic rings. The quantitative estimate of drug-likeness (QED) is 0.876. The van der Waals surface area contributed by atoms with Crippen LogP contribution in [0.25, 0.3) is 0 Å². The molecular formula is C19H24N2O2. The molecule has 0 aliphatic carbocycles. The Morgan fingerprint density at radius 2 is 1.52 bits per heavy atom. The maximum atomic E-state index is 12.0. The molecule has 0 bridgehead atoms. The van der Waals surface area contributed by atoms with Gasteiger partial charge in [-0.3, -0.25) is 4.79 Å². The van der Waals surface area contributed by atoms with Gasteiger partial charge in [-0.2, -0.15) is 0 Å². The number of anilines is 2. The Labute approximate surface area is 137 Å². The molecule has 2 rings (SSSR count). The van der Waals surface area contributed by atoms with E-state index in [4.69, 9.17) is 4.74 Å². The van der Waals surface area contributed by atoms with Crippen molar-refractivity contribution in [2.45, 2.75) is 26.2 Å². The third kappa shape index (κ3) is 5.02. The van der Waals surface area contributed by atoms with Crippen LogP contribution in [-0.2, 0) is 10.2 Å². The van der Waals surface area contributed by atoms with E-state index in [9.17, 15) is 4.79 Å². The summed E-state index contributed by atoms with van der Waals surface area (Å²) < 4.78 is 5.09. The summed E-state index contributed by atoms with van der Waals surface area (Å²) >= 11 is 0. The maximum absolute atomic E-state index is 12.0. The fraction of sp³-hybridized carbons (Fsp3) is 0.316. The maximum Gasteiger partial charge on any atom is 0.243 e. The fourth-order valence-electron chi connectivity index (χ4n) is 2.15. The van der Waals surface area contributed by atoms with Crippen molar-refractivity contribution in [2.24, 2.45) is 0 Å². The number of carbonyl (C=O) groups is 1. The van der Waals surface area contributed by atoms with Gasteiger partial charge in [0.15, 0.2) is 0 Å². The van der Waals surface area contributed by atoms with Crippen LogP contribution in [-0.4, -0.2) is 19.6 Å². The van der Waals surface area contributed by atoms with E-state index < -0.39 is 0 Å². The van der Waals surface area contributed by atoms with E-state index in [1.165, 1.54) is 5.56 Å². The number of nitrogens with one attached hydrogen (secondary N) is 2. The Bertz CT molecular complexity index is 641. The summed E-state index contributed by atoms with van der Waals surface area (Å²) in [4.78, 5) is 12.0. The van der Waals surface area contributed by atoms with Gasteiger partial charge in [0.05, 0.1) is 13.7 Å². The number of benzene rings is 2. The van der Waals surface area contributed by atoms with Crippen LogP contribution in [0.3, 0.4) is 0 Å². The van der Waals surface area contributed by atoms with Gasteiger partial charge in [-0.25, -0.2) is 0 Å². The Morgan fingerprint density at radius 1 is 0.957 bits per heavy atom. The van der Waals surface area contributed by atoms with Gasteiger partial charge in [-0.1, -0.05) is 32.9 Å². The molecule has 0 saturated carbocycles. The molecule has 0 spiro atoms. The Morgan fingerprint density at radius 3 is 2.04 bits per heavy atom. The molecule has 2 aromatic carbocycles. The molecule has 23 heavy (non-hydrogen) atoms. The Kier molecular flexibility index (Phi) is 5.27. The minimum absolute atomic E-state index is 0.0879. The van der Waals surface area contributed by atoms with Gasteiger partial charge in [0.1, 0.15) is 5.75 Å². The monoisotopic (exact) mass is 312 g/mol. The first kappa shape index (κ1) is 16.9. The SMILES string of the molecule is COc1ccc(NC(=O)CNc2ccc(C(C)(C)C)cc2)cc1. The lowest BCUT2D eigenvalue weighted by Crippen LogP contribution is -2.21. The molecule has 0 aliphatic rings. The van der Waals surface area contributed by atoms with Crippen molar-refractivity contribution in [1.29, 1.82) is 0 Å². The molecule has 4 nitrogen and oxygen atoms in total. The van der Waals surface area contributed by atoms with Gasteiger partial charge in [0.25, 0.3) is 0 Å². The lowest BCUT2D eigenvalue weighted by atomic mass is 9.87. The van der Waals surface area contributed by atoms with E-state index in [1.54, 1.807) is 7.11 Å². The highest BCUT2D eigenvalue weighted by molar-refractivity contribution is 5.93. The van der Waals surface area contributed by atoms with E-state index in [0.717, 1.165) is 17.1 Å². The molecule has 0 heterocycles. The largest absolute Gasteiger partial charge is 0.497 e. The third-order valence-electron chi connectivity index (χ3n) is 3.58. The summed E-state index contributed by atoms with van der Waals surface area (Å²) in [7, 11) is 1.61. The van der Waals surface area contributed by atoms with Crippen LogP contribution in [0.5, 0.6) is 5.75 Å². The van der Waals surface area contributed by atoms with Gasteiger partial charge < -0.3 is 15.4 Å². The summed E-state index contributed by atoms with van der Waals surface area (Å²) in [5.41, 5.74) is 3.08. The molecule has 1 amide bonds. The number of methoxy groups -OCH3 is 1. The Balaban J connectivity index is 1.86. The standard InChI is InChI=1S/C19H24N2O2/c1-19(2,3)14-5-7-15(8-6-14)20-13-18(22)21-16-9-11-17(23-4)12-10-16/h5-12,20H,13H2,1-4H3,(H,21,22). The van der Waals surface area contributed by atoms with Crippen molar-refractivity contribution >= 4 is 17.3 Å². The second-order valence-corrected chi connectivity index (χ2v) is 6.46. The van der Waals surface area contributed by atoms with Crippen LogP contribution in [0, 0.1) is 0 Å². The van der Waals surface area contributed by atoms with E-state index in [0.29, 0.717) is 0 Å². The Hall–Kier alpha value is -2.49. The fourth-order valence-corrected chi connectivity index (χ4v) is 2.15. The molecule has 2 N–H and O–H groups in total. The number of ether oxygens (including phenoxy) is 1. The second-order valence-electron chi connectivity index (χ2n) is 6.46. The minimum Gasteiger partial charge on any atom is -0.497 e. The molecule has 0 aliphatic heterocycles. The number of hydrogen-bond donors (Lipinski definition) is 2. The molecule has 4 heteroatoms. The summed E-state index contributed by atoms with van der Waals surface area (Å²) in [6, 6.07) is 15.4. The van der Waals surface area contributed by atoms with Gasteiger partial charge in [-0.15, -0.1) is 0 Å². The smallest absolute Gasteiger partial charge is 0.243 e. The highest BCUT2D eigenvalue weighted by Gasteiger charge is 2.12. The van der Waals surface area contributed by atoms with Crippen LogP contribution in [0.1, 0.15) is 26.3 Å². The topological polar surface area (TPSA) is 50.4 Å². The van der Waals surface area contributed by atoms with E-state index >= 15 is 0 Å². The molecular weight excluding hydrogens is 288 g/mol. The van der Waals surface area contributed by atoms with Crippen molar-refractivity contribution in [2.75, 3.05) is 24.3 Å². The van der Waals surface area contributed by atoms with Crippen molar-refractivity contribution in [1.82, 2.24) is 0 Å². The molecule has 0 radical (unpaired) electrons. The first-order valence-electron chi connectivity index (χ1n) is 7.67. The van der Waals surface area contributed by atoms with Crippen LogP contribution in [0.4, 0.5) is 11.4 Å². The highest BCUT2D eigenvalue weighted by Crippen LogP contribution is 2.23. The van der Waals surface area contributed by atoms with Crippen LogP contribution >= 0.6 is 0 Å². The minimum atomic E-state index is -0.0879. The predicted octanol–water partition coefficient (Wildman–Crippen LogP) is 4.04. The van der Waals surface area contributed by atoms with Gasteiger partial charge in [0, 0.05) is 11.4 Å². The van der Waals surface area contributed by atoms with Crippen LogP contribution in [0.2, 0.25) is 0 Å². The zero-order valence-electron chi connectivity index (χ0n) is 14.1. The summed E-state index contributed by atoms with van der Waals surface area (Å²) in [6.45, 7) is 6.76. The summed E-state index contributed by atoms with van der Waals surface area (Å²) in [6.07, 6.45) is 0. The van der Waals surface area contributed by atoms with Crippen molar-refractivity contribution in [3.05, 3.63) is 54.1 Å². The van der Waals surface area contributed by atoms with Gasteiger partial charge >= 0.3 is 0 Å². The van der Waals surface area contributed by atoms with Crippen molar-refractivity contribution in [3.8, 4) is 5.75 Å². The molecule has 122 valence electrons. The zero-order chi connectivity index (χ0) is 16.9. The van der Waals surface area contributed by atoms with E-state index in [-0.39, 0.29) is 17.9 Å². The first-order chi connectivity index (χ1) is 10.9. The summed E-state index contributed by atoms with van der Waals surface area (Å²) in [5, 5.41) is 5.97. The molecule has 0 saturated heterocycles. The lowest BCUT2D eigenvalue weighted by Gasteiger charge is -2.19.